The number of carbonyl (C=O) groups excluding carboxylic acids is 1. The molecule has 2 aromatic carbocycles. The van der Waals surface area contributed by atoms with Crippen LogP contribution in [0, 0.1) is 12.8 Å². The Bertz CT molecular complexity index is 1070. The summed E-state index contributed by atoms with van der Waals surface area (Å²) < 4.78 is 34.2. The summed E-state index contributed by atoms with van der Waals surface area (Å²) in [5, 5.41) is 9.86. The Balaban J connectivity index is 1.25. The van der Waals surface area contributed by atoms with Crippen molar-refractivity contribution in [3.8, 4) is 0 Å². The number of hydrogen-bond donors (Lipinski definition) is 2. The molecule has 2 aromatic rings. The maximum absolute atomic E-state index is 12.9. The summed E-state index contributed by atoms with van der Waals surface area (Å²) in [6.45, 7) is 3.10. The van der Waals surface area contributed by atoms with Crippen molar-refractivity contribution in [2.75, 3.05) is 19.7 Å². The molecule has 0 saturated carbocycles. The number of benzene rings is 2. The summed E-state index contributed by atoms with van der Waals surface area (Å²) in [6.07, 6.45) is 3.37. The molecule has 2 fully saturated rings. The Labute approximate surface area is 208 Å². The van der Waals surface area contributed by atoms with E-state index < -0.39 is 22.2 Å². The second-order valence-corrected chi connectivity index (χ2v) is 11.5. The minimum Gasteiger partial charge on any atom is -0.394 e. The van der Waals surface area contributed by atoms with Gasteiger partial charge in [-0.15, -0.1) is 0 Å². The zero-order valence-electron chi connectivity index (χ0n) is 20.3. The molecular formula is C27H36N2O5S. The molecule has 0 unspecified atom stereocenters. The molecule has 0 radical (unpaired) electrons. The second-order valence-electron chi connectivity index (χ2n) is 9.82. The number of piperidine rings is 1. The molecule has 0 aromatic heterocycles. The van der Waals surface area contributed by atoms with E-state index in [1.54, 1.807) is 24.3 Å². The van der Waals surface area contributed by atoms with Crippen LogP contribution >= 0.6 is 0 Å². The van der Waals surface area contributed by atoms with E-state index in [2.05, 4.69) is 29.0 Å². The number of nitrogens with zero attached hydrogens (tertiary/aromatic N) is 1. The Morgan fingerprint density at radius 1 is 1.03 bits per heavy atom. The minimum atomic E-state index is -3.72. The lowest BCUT2D eigenvalue weighted by Gasteiger charge is -2.37. The highest BCUT2D eigenvalue weighted by Crippen LogP contribution is 2.26. The number of aliphatic hydroxyl groups excluding tert-OH is 1. The van der Waals surface area contributed by atoms with Crippen molar-refractivity contribution in [1.29, 1.82) is 0 Å². The molecule has 2 heterocycles. The quantitative estimate of drug-likeness (QED) is 0.581. The van der Waals surface area contributed by atoms with Crippen LogP contribution in [-0.4, -0.2) is 62.3 Å². The highest BCUT2D eigenvalue weighted by molar-refractivity contribution is 7.89. The maximum Gasteiger partial charge on any atom is 0.240 e. The van der Waals surface area contributed by atoms with Crippen LogP contribution in [0.2, 0.25) is 0 Å². The number of amides is 1. The van der Waals surface area contributed by atoms with Crippen LogP contribution in [0.25, 0.3) is 0 Å². The Morgan fingerprint density at radius 3 is 2.37 bits per heavy atom. The monoisotopic (exact) mass is 500 g/mol. The highest BCUT2D eigenvalue weighted by Gasteiger charge is 2.35. The van der Waals surface area contributed by atoms with E-state index in [0.717, 1.165) is 37.9 Å². The zero-order chi connectivity index (χ0) is 24.8. The van der Waals surface area contributed by atoms with Gasteiger partial charge in [0.15, 0.2) is 0 Å². The fraction of sp³-hybridized carbons (Fsp3) is 0.519. The first-order valence-corrected chi connectivity index (χ1v) is 14.0. The van der Waals surface area contributed by atoms with Gasteiger partial charge in [0.25, 0.3) is 0 Å². The molecule has 7 nitrogen and oxygen atoms in total. The van der Waals surface area contributed by atoms with Crippen LogP contribution in [0.3, 0.4) is 0 Å². The average molecular weight is 501 g/mol. The lowest BCUT2D eigenvalue weighted by molar-refractivity contribution is -0.141. The fourth-order valence-electron chi connectivity index (χ4n) is 5.06. The topological polar surface area (TPSA) is 95.9 Å². The number of likely N-dealkylation sites (tertiary alicyclic amines) is 1. The number of sulfonamides is 1. The molecular weight excluding hydrogens is 464 g/mol. The minimum absolute atomic E-state index is 0.0727. The van der Waals surface area contributed by atoms with E-state index in [1.165, 1.54) is 5.56 Å². The SMILES string of the molecule is Cc1ccc(S(=O)(=O)N[C@@H]2CC[C@H](CC(=O)N3CCC(Cc4ccccc4)CC3)O[C@H]2CO)cc1. The molecule has 0 bridgehead atoms. The molecule has 0 spiro atoms. The van der Waals surface area contributed by atoms with E-state index in [-0.39, 0.29) is 29.9 Å². The molecule has 2 aliphatic heterocycles. The van der Waals surface area contributed by atoms with Gasteiger partial charge < -0.3 is 14.7 Å². The van der Waals surface area contributed by atoms with E-state index in [0.29, 0.717) is 18.8 Å². The predicted octanol–water partition coefficient (Wildman–Crippen LogP) is 3.05. The number of ether oxygens (including phenoxy) is 1. The van der Waals surface area contributed by atoms with Crippen molar-refractivity contribution in [3.05, 3.63) is 65.7 Å². The number of carbonyl (C=O) groups is 1. The third-order valence-corrected chi connectivity index (χ3v) is 8.68. The van der Waals surface area contributed by atoms with Crippen LogP contribution in [0.1, 0.15) is 43.2 Å². The Hall–Kier alpha value is -2.26. The smallest absolute Gasteiger partial charge is 0.240 e. The summed E-state index contributed by atoms with van der Waals surface area (Å²) in [7, 11) is -3.72. The van der Waals surface area contributed by atoms with Gasteiger partial charge in [0.2, 0.25) is 15.9 Å². The molecule has 3 atom stereocenters. The molecule has 2 saturated heterocycles. The molecule has 2 aliphatic rings. The number of hydrogen-bond acceptors (Lipinski definition) is 5. The molecule has 2 N–H and O–H groups in total. The summed E-state index contributed by atoms with van der Waals surface area (Å²) in [5.74, 6) is 0.664. The van der Waals surface area contributed by atoms with Crippen LogP contribution < -0.4 is 4.72 Å². The van der Waals surface area contributed by atoms with Gasteiger partial charge in [-0.2, -0.15) is 0 Å². The fourth-order valence-corrected chi connectivity index (χ4v) is 6.36. The largest absolute Gasteiger partial charge is 0.394 e. The summed E-state index contributed by atoms with van der Waals surface area (Å²) in [6, 6.07) is 16.6. The first-order valence-electron chi connectivity index (χ1n) is 12.5. The van der Waals surface area contributed by atoms with Crippen LogP contribution in [0.4, 0.5) is 0 Å². The lowest BCUT2D eigenvalue weighted by atomic mass is 9.90. The van der Waals surface area contributed by atoms with Crippen LogP contribution in [-0.2, 0) is 26.0 Å². The predicted molar refractivity (Wildman–Crippen MR) is 134 cm³/mol. The lowest BCUT2D eigenvalue weighted by Crippen LogP contribution is -2.51. The molecule has 35 heavy (non-hydrogen) atoms. The van der Waals surface area contributed by atoms with Gasteiger partial charge in [-0.1, -0.05) is 48.0 Å². The summed E-state index contributed by atoms with van der Waals surface area (Å²) in [4.78, 5) is 15.0. The van der Waals surface area contributed by atoms with Crippen molar-refractivity contribution in [3.63, 3.8) is 0 Å². The average Bonchev–Trinajstić information content (AvgIpc) is 2.86. The van der Waals surface area contributed by atoms with Gasteiger partial charge >= 0.3 is 0 Å². The van der Waals surface area contributed by atoms with Gasteiger partial charge in [0.05, 0.1) is 36.2 Å². The Morgan fingerprint density at radius 2 is 1.71 bits per heavy atom. The number of aryl methyl sites for hydroxylation is 1. The molecule has 1 amide bonds. The first-order chi connectivity index (χ1) is 16.8. The van der Waals surface area contributed by atoms with Crippen molar-refractivity contribution in [1.82, 2.24) is 9.62 Å². The van der Waals surface area contributed by atoms with Gasteiger partial charge in [0.1, 0.15) is 0 Å². The van der Waals surface area contributed by atoms with Crippen molar-refractivity contribution in [2.45, 2.75) is 68.6 Å². The standard InChI is InChI=1S/C27H36N2O5S/c1-20-7-10-24(11-8-20)35(32,33)28-25-12-9-23(34-26(25)19-30)18-27(31)29-15-13-22(14-16-29)17-21-5-3-2-4-6-21/h2-8,10-11,22-23,25-26,28,30H,9,12-19H2,1H3/t23-,25-,26+/m1/s1. The van der Waals surface area contributed by atoms with E-state index in [4.69, 9.17) is 4.74 Å². The molecule has 190 valence electrons. The summed E-state index contributed by atoms with van der Waals surface area (Å²) in [5.41, 5.74) is 2.32. The third kappa shape index (κ3) is 6.91. The maximum atomic E-state index is 12.9. The van der Waals surface area contributed by atoms with E-state index in [1.807, 2.05) is 17.9 Å². The number of rotatable bonds is 8. The number of aliphatic hydroxyl groups is 1. The summed E-state index contributed by atoms with van der Waals surface area (Å²) >= 11 is 0. The molecule has 4 rings (SSSR count). The second kappa shape index (κ2) is 11.6. The van der Waals surface area contributed by atoms with Crippen molar-refractivity contribution >= 4 is 15.9 Å². The van der Waals surface area contributed by atoms with Gasteiger partial charge in [-0.05, 0) is 62.6 Å². The molecule has 8 heteroatoms. The Kier molecular flexibility index (Phi) is 8.59. The first kappa shape index (κ1) is 25.8. The van der Waals surface area contributed by atoms with Gasteiger partial charge in [0, 0.05) is 13.1 Å². The van der Waals surface area contributed by atoms with Crippen LogP contribution in [0.15, 0.2) is 59.5 Å². The third-order valence-electron chi connectivity index (χ3n) is 7.17. The normalized spacial score (nSPS) is 23.8. The number of nitrogens with one attached hydrogen (secondary N) is 1. The van der Waals surface area contributed by atoms with E-state index >= 15 is 0 Å². The van der Waals surface area contributed by atoms with Crippen molar-refractivity contribution in [2.24, 2.45) is 5.92 Å². The van der Waals surface area contributed by atoms with Crippen LogP contribution in [0.5, 0.6) is 0 Å². The highest BCUT2D eigenvalue weighted by atomic mass is 32.2. The van der Waals surface area contributed by atoms with E-state index in [9.17, 15) is 18.3 Å². The van der Waals surface area contributed by atoms with Gasteiger partial charge in [-0.25, -0.2) is 13.1 Å². The van der Waals surface area contributed by atoms with Crippen molar-refractivity contribution < 1.29 is 23.1 Å². The zero-order valence-corrected chi connectivity index (χ0v) is 21.1. The molecule has 0 aliphatic carbocycles. The van der Waals surface area contributed by atoms with Gasteiger partial charge in [-0.3, -0.25) is 4.79 Å².